The fraction of sp³-hybridized carbons (Fsp3) is 0.421. The first-order chi connectivity index (χ1) is 13.0. The number of guanidine groups is 1. The van der Waals surface area contributed by atoms with Crippen LogP contribution in [0.4, 0.5) is 0 Å². The maximum absolute atomic E-state index is 11.5. The Kier molecular flexibility index (Phi) is 6.87. The minimum absolute atomic E-state index is 0.0481. The molecular formula is C19H28N4O4S. The molecule has 0 saturated carbocycles. The molecular weight excluding hydrogens is 380 g/mol. The Balaban J connectivity index is 2.11. The third-order valence-electron chi connectivity index (χ3n) is 4.21. The first kappa shape index (κ1) is 21.9. The number of sulfonamides is 1. The summed E-state index contributed by atoms with van der Waals surface area (Å²) in [5, 5.41) is 22.2. The number of hydrogen-bond donors (Lipinski definition) is 4. The van der Waals surface area contributed by atoms with Gasteiger partial charge < -0.3 is 20.2 Å². The standard InChI is InChI=1S/C19H28N4O4S/c1-5-21-18(22-11-15-7-6-8-16(10-15)28(20,25)26)23-12-19(4,24)17-9-13(2)27-14(17)3/h6-10,24H,5,11-12H2,1-4H3,(H2,20,25,26)(H2,21,22,23). The number of hydrogen-bond acceptors (Lipinski definition) is 5. The van der Waals surface area contributed by atoms with E-state index in [-0.39, 0.29) is 18.0 Å². The molecule has 1 unspecified atom stereocenters. The summed E-state index contributed by atoms with van der Waals surface area (Å²) in [6, 6.07) is 8.16. The van der Waals surface area contributed by atoms with Gasteiger partial charge in [-0.1, -0.05) is 12.1 Å². The molecule has 0 saturated heterocycles. The first-order valence-corrected chi connectivity index (χ1v) is 10.5. The lowest BCUT2D eigenvalue weighted by Gasteiger charge is -2.24. The van der Waals surface area contributed by atoms with Crippen LogP contribution in [0.1, 0.15) is 36.5 Å². The molecule has 1 aromatic carbocycles. The van der Waals surface area contributed by atoms with Gasteiger partial charge in [0.2, 0.25) is 10.0 Å². The van der Waals surface area contributed by atoms with Gasteiger partial charge in [0.1, 0.15) is 17.1 Å². The number of nitrogens with zero attached hydrogens (tertiary/aromatic N) is 1. The smallest absolute Gasteiger partial charge is 0.238 e. The van der Waals surface area contributed by atoms with Gasteiger partial charge in [-0.2, -0.15) is 0 Å². The molecule has 1 atom stereocenters. The number of benzene rings is 1. The van der Waals surface area contributed by atoms with E-state index in [0.717, 1.165) is 5.76 Å². The van der Waals surface area contributed by atoms with E-state index in [1.807, 2.05) is 26.8 Å². The molecule has 0 aliphatic carbocycles. The monoisotopic (exact) mass is 408 g/mol. The lowest BCUT2D eigenvalue weighted by Crippen LogP contribution is -2.44. The topological polar surface area (TPSA) is 130 Å². The predicted molar refractivity (Wildman–Crippen MR) is 108 cm³/mol. The van der Waals surface area contributed by atoms with Gasteiger partial charge >= 0.3 is 0 Å². The summed E-state index contributed by atoms with van der Waals surface area (Å²) in [6.07, 6.45) is 0. The molecule has 0 aliphatic heterocycles. The SMILES string of the molecule is CCNC(=NCc1cccc(S(N)(=O)=O)c1)NCC(C)(O)c1cc(C)oc1C. The first-order valence-electron chi connectivity index (χ1n) is 8.96. The van der Waals surface area contributed by atoms with Crippen molar-refractivity contribution in [3.8, 4) is 0 Å². The Bertz CT molecular complexity index is 949. The van der Waals surface area contributed by atoms with Crippen LogP contribution in [0.5, 0.6) is 0 Å². The summed E-state index contributed by atoms with van der Waals surface area (Å²) in [4.78, 5) is 4.50. The molecule has 0 bridgehead atoms. The van der Waals surface area contributed by atoms with Gasteiger partial charge in [-0.05, 0) is 51.5 Å². The highest BCUT2D eigenvalue weighted by molar-refractivity contribution is 7.89. The van der Waals surface area contributed by atoms with Crippen molar-refractivity contribution in [1.82, 2.24) is 10.6 Å². The van der Waals surface area contributed by atoms with Crippen LogP contribution in [0, 0.1) is 13.8 Å². The third-order valence-corrected chi connectivity index (χ3v) is 5.12. The van der Waals surface area contributed by atoms with Crippen molar-refractivity contribution in [2.45, 2.75) is 44.7 Å². The molecule has 1 aromatic heterocycles. The maximum atomic E-state index is 11.5. The minimum atomic E-state index is -3.76. The van der Waals surface area contributed by atoms with E-state index in [0.29, 0.717) is 29.4 Å². The predicted octanol–water partition coefficient (Wildman–Crippen LogP) is 1.51. The quantitative estimate of drug-likeness (QED) is 0.406. The molecule has 9 heteroatoms. The molecule has 8 nitrogen and oxygen atoms in total. The zero-order valence-corrected chi connectivity index (χ0v) is 17.4. The summed E-state index contributed by atoms with van der Waals surface area (Å²) in [5.74, 6) is 1.91. The number of aliphatic hydroxyl groups is 1. The van der Waals surface area contributed by atoms with E-state index in [9.17, 15) is 13.5 Å². The van der Waals surface area contributed by atoms with Crippen molar-refractivity contribution in [2.75, 3.05) is 13.1 Å². The Labute approximate surface area is 165 Å². The zero-order chi connectivity index (χ0) is 20.9. The second-order valence-corrected chi connectivity index (χ2v) is 8.40. The van der Waals surface area contributed by atoms with Crippen LogP contribution in [-0.2, 0) is 22.2 Å². The fourth-order valence-corrected chi connectivity index (χ4v) is 3.43. The fourth-order valence-electron chi connectivity index (χ4n) is 2.85. The van der Waals surface area contributed by atoms with E-state index in [2.05, 4.69) is 15.6 Å². The average Bonchev–Trinajstić information content (AvgIpc) is 2.96. The molecule has 0 aliphatic rings. The van der Waals surface area contributed by atoms with Gasteiger partial charge in [0, 0.05) is 12.1 Å². The highest BCUT2D eigenvalue weighted by Crippen LogP contribution is 2.26. The van der Waals surface area contributed by atoms with Crippen LogP contribution in [0.15, 0.2) is 44.6 Å². The van der Waals surface area contributed by atoms with Crippen molar-refractivity contribution >= 4 is 16.0 Å². The van der Waals surface area contributed by atoms with Gasteiger partial charge in [-0.25, -0.2) is 18.5 Å². The lowest BCUT2D eigenvalue weighted by atomic mass is 9.96. The van der Waals surface area contributed by atoms with E-state index in [1.54, 1.807) is 19.1 Å². The maximum Gasteiger partial charge on any atom is 0.238 e. The highest BCUT2D eigenvalue weighted by Gasteiger charge is 2.27. The van der Waals surface area contributed by atoms with Gasteiger partial charge in [0.05, 0.1) is 18.0 Å². The molecule has 0 spiro atoms. The summed E-state index contributed by atoms with van der Waals surface area (Å²) in [5.41, 5.74) is 0.275. The van der Waals surface area contributed by atoms with Crippen molar-refractivity contribution < 1.29 is 17.9 Å². The number of primary sulfonamides is 1. The van der Waals surface area contributed by atoms with Gasteiger partial charge in [0.15, 0.2) is 5.96 Å². The number of nitrogens with one attached hydrogen (secondary N) is 2. The van der Waals surface area contributed by atoms with Crippen LogP contribution < -0.4 is 15.8 Å². The highest BCUT2D eigenvalue weighted by atomic mass is 32.2. The molecule has 5 N–H and O–H groups in total. The molecule has 28 heavy (non-hydrogen) atoms. The van der Waals surface area contributed by atoms with E-state index in [1.165, 1.54) is 12.1 Å². The summed E-state index contributed by atoms with van der Waals surface area (Å²) in [7, 11) is -3.76. The van der Waals surface area contributed by atoms with Crippen LogP contribution in [-0.4, -0.2) is 32.6 Å². The second kappa shape index (κ2) is 8.76. The lowest BCUT2D eigenvalue weighted by molar-refractivity contribution is 0.0601. The van der Waals surface area contributed by atoms with Crippen molar-refractivity contribution in [2.24, 2.45) is 10.1 Å². The second-order valence-electron chi connectivity index (χ2n) is 6.84. The summed E-state index contributed by atoms with van der Waals surface area (Å²) in [6.45, 7) is 8.39. The average molecular weight is 409 g/mol. The molecule has 2 aromatic rings. The van der Waals surface area contributed by atoms with E-state index < -0.39 is 15.6 Å². The largest absolute Gasteiger partial charge is 0.466 e. The van der Waals surface area contributed by atoms with E-state index in [4.69, 9.17) is 9.56 Å². The molecule has 0 radical (unpaired) electrons. The number of nitrogens with two attached hydrogens (primary N) is 1. The molecule has 0 fully saturated rings. The Morgan fingerprint density at radius 1 is 1.29 bits per heavy atom. The molecule has 154 valence electrons. The normalized spacial score (nSPS) is 14.6. The summed E-state index contributed by atoms with van der Waals surface area (Å²) < 4.78 is 28.5. The van der Waals surface area contributed by atoms with Gasteiger partial charge in [-0.3, -0.25) is 0 Å². The Morgan fingerprint density at radius 2 is 2.00 bits per heavy atom. The number of rotatable bonds is 7. The number of aliphatic imine (C=N–C) groups is 1. The van der Waals surface area contributed by atoms with Gasteiger partial charge in [-0.15, -0.1) is 0 Å². The molecule has 2 rings (SSSR count). The minimum Gasteiger partial charge on any atom is -0.466 e. The Hall–Kier alpha value is -2.36. The third kappa shape index (κ3) is 5.82. The van der Waals surface area contributed by atoms with E-state index >= 15 is 0 Å². The van der Waals surface area contributed by atoms with Crippen LogP contribution in [0.25, 0.3) is 0 Å². The van der Waals surface area contributed by atoms with Crippen molar-refractivity contribution in [1.29, 1.82) is 0 Å². The number of furan rings is 1. The Morgan fingerprint density at radius 3 is 2.57 bits per heavy atom. The van der Waals surface area contributed by atoms with Crippen molar-refractivity contribution in [3.63, 3.8) is 0 Å². The van der Waals surface area contributed by atoms with Gasteiger partial charge in [0.25, 0.3) is 0 Å². The zero-order valence-electron chi connectivity index (χ0n) is 16.6. The van der Waals surface area contributed by atoms with Crippen LogP contribution in [0.3, 0.4) is 0 Å². The van der Waals surface area contributed by atoms with Crippen LogP contribution >= 0.6 is 0 Å². The van der Waals surface area contributed by atoms with Crippen molar-refractivity contribution in [3.05, 3.63) is 53.0 Å². The molecule has 1 heterocycles. The molecule has 0 amide bonds. The number of aryl methyl sites for hydroxylation is 2. The summed E-state index contributed by atoms with van der Waals surface area (Å²) >= 11 is 0. The van der Waals surface area contributed by atoms with Crippen LogP contribution in [0.2, 0.25) is 0 Å².